The topological polar surface area (TPSA) is 46.5 Å². The van der Waals surface area contributed by atoms with Crippen LogP contribution in [0.3, 0.4) is 0 Å². The van der Waals surface area contributed by atoms with Crippen molar-refractivity contribution in [1.29, 1.82) is 0 Å². The second-order valence-corrected chi connectivity index (χ2v) is 4.20. The molecule has 0 aliphatic carbocycles. The lowest BCUT2D eigenvalue weighted by Gasteiger charge is -2.07. The molecule has 0 saturated carbocycles. The van der Waals surface area contributed by atoms with Gasteiger partial charge in [0.1, 0.15) is 11.3 Å². The van der Waals surface area contributed by atoms with Gasteiger partial charge in [-0.15, -0.1) is 11.8 Å². The normalized spacial score (nSPS) is 13.8. The minimum Gasteiger partial charge on any atom is -0.496 e. The zero-order valence-corrected chi connectivity index (χ0v) is 8.56. The fraction of sp³-hybridized carbons (Fsp3) is 0.300. The summed E-state index contributed by atoms with van der Waals surface area (Å²) in [5.74, 6) is 0.550. The molecule has 14 heavy (non-hydrogen) atoms. The van der Waals surface area contributed by atoms with Crippen LogP contribution in [0.4, 0.5) is 0 Å². The van der Waals surface area contributed by atoms with Crippen LogP contribution in [0.1, 0.15) is 15.9 Å². The number of thioether (sulfide) groups is 1. The highest BCUT2D eigenvalue weighted by Crippen LogP contribution is 2.36. The molecule has 1 N–H and O–H groups in total. The van der Waals surface area contributed by atoms with Crippen LogP contribution in [0.2, 0.25) is 0 Å². The van der Waals surface area contributed by atoms with Crippen LogP contribution in [-0.2, 0) is 6.42 Å². The van der Waals surface area contributed by atoms with Gasteiger partial charge in [-0.3, -0.25) is 0 Å². The number of fused-ring (bicyclic) bond motifs is 1. The lowest BCUT2D eigenvalue weighted by molar-refractivity contribution is 0.0693. The number of carbonyl (C=O) groups is 1. The van der Waals surface area contributed by atoms with E-state index in [-0.39, 0.29) is 5.56 Å². The second-order valence-electron chi connectivity index (χ2n) is 3.06. The lowest BCUT2D eigenvalue weighted by Crippen LogP contribution is -2.01. The van der Waals surface area contributed by atoms with Gasteiger partial charge in [0.25, 0.3) is 0 Å². The van der Waals surface area contributed by atoms with E-state index in [4.69, 9.17) is 9.84 Å². The van der Waals surface area contributed by atoms with E-state index in [9.17, 15) is 4.79 Å². The molecule has 0 saturated heterocycles. The maximum Gasteiger partial charge on any atom is 0.339 e. The van der Waals surface area contributed by atoms with Gasteiger partial charge in [0, 0.05) is 10.6 Å². The molecule has 0 atom stereocenters. The third kappa shape index (κ3) is 1.46. The molecule has 1 aliphatic heterocycles. The van der Waals surface area contributed by atoms with Crippen molar-refractivity contribution < 1.29 is 14.6 Å². The summed E-state index contributed by atoms with van der Waals surface area (Å²) in [6, 6.07) is 3.53. The zero-order valence-electron chi connectivity index (χ0n) is 7.74. The van der Waals surface area contributed by atoms with Crippen LogP contribution in [0.15, 0.2) is 17.0 Å². The summed E-state index contributed by atoms with van der Waals surface area (Å²) in [5.41, 5.74) is 1.38. The molecule has 0 fully saturated rings. The standard InChI is InChI=1S/C10H10O3S/c1-13-8-5-9-6(2-3-14-9)4-7(8)10(11)12/h4-5H,2-3H2,1H3,(H,11,12). The van der Waals surface area contributed by atoms with Gasteiger partial charge in [0.15, 0.2) is 0 Å². The van der Waals surface area contributed by atoms with Crippen molar-refractivity contribution in [3.05, 3.63) is 23.3 Å². The van der Waals surface area contributed by atoms with Crippen LogP contribution in [0.25, 0.3) is 0 Å². The first kappa shape index (κ1) is 9.40. The Morgan fingerprint density at radius 1 is 1.57 bits per heavy atom. The Bertz CT molecular complexity index is 387. The Kier molecular flexibility index (Phi) is 2.37. The van der Waals surface area contributed by atoms with Crippen molar-refractivity contribution in [2.24, 2.45) is 0 Å². The fourth-order valence-corrected chi connectivity index (χ4v) is 2.62. The van der Waals surface area contributed by atoms with E-state index in [2.05, 4.69) is 0 Å². The van der Waals surface area contributed by atoms with Gasteiger partial charge in [-0.2, -0.15) is 0 Å². The Morgan fingerprint density at radius 2 is 2.36 bits per heavy atom. The van der Waals surface area contributed by atoms with Crippen molar-refractivity contribution in [3.63, 3.8) is 0 Å². The third-order valence-corrected chi connectivity index (χ3v) is 3.34. The van der Waals surface area contributed by atoms with E-state index < -0.39 is 5.97 Å². The first-order chi connectivity index (χ1) is 6.72. The van der Waals surface area contributed by atoms with Crippen molar-refractivity contribution in [2.45, 2.75) is 11.3 Å². The molecule has 4 heteroatoms. The highest BCUT2D eigenvalue weighted by atomic mass is 32.2. The van der Waals surface area contributed by atoms with Crippen LogP contribution in [0, 0.1) is 0 Å². The zero-order chi connectivity index (χ0) is 10.1. The molecular formula is C10H10O3S. The number of ether oxygens (including phenoxy) is 1. The second kappa shape index (κ2) is 3.53. The summed E-state index contributed by atoms with van der Waals surface area (Å²) in [5, 5.41) is 8.94. The van der Waals surface area contributed by atoms with Crippen LogP contribution < -0.4 is 4.74 Å². The number of aryl methyl sites for hydroxylation is 1. The molecule has 1 aromatic rings. The van der Waals surface area contributed by atoms with E-state index in [1.807, 2.05) is 6.07 Å². The molecule has 0 amide bonds. The van der Waals surface area contributed by atoms with E-state index in [1.54, 1.807) is 17.8 Å². The van der Waals surface area contributed by atoms with Crippen molar-refractivity contribution in [1.82, 2.24) is 0 Å². The summed E-state index contributed by atoms with van der Waals surface area (Å²) in [6.45, 7) is 0. The Labute approximate surface area is 86.1 Å². The maximum atomic E-state index is 10.9. The maximum absolute atomic E-state index is 10.9. The lowest BCUT2D eigenvalue weighted by atomic mass is 10.1. The molecule has 74 valence electrons. The quantitative estimate of drug-likeness (QED) is 0.811. The molecule has 0 radical (unpaired) electrons. The smallest absolute Gasteiger partial charge is 0.339 e. The minimum absolute atomic E-state index is 0.258. The molecule has 2 rings (SSSR count). The van der Waals surface area contributed by atoms with Crippen molar-refractivity contribution >= 4 is 17.7 Å². The van der Waals surface area contributed by atoms with Gasteiger partial charge in [-0.05, 0) is 24.1 Å². The fourth-order valence-electron chi connectivity index (χ4n) is 1.54. The molecule has 1 aromatic carbocycles. The summed E-state index contributed by atoms with van der Waals surface area (Å²) in [7, 11) is 1.49. The molecule has 3 nitrogen and oxygen atoms in total. The van der Waals surface area contributed by atoms with E-state index in [0.717, 1.165) is 22.6 Å². The number of rotatable bonds is 2. The van der Waals surface area contributed by atoms with Crippen molar-refractivity contribution in [2.75, 3.05) is 12.9 Å². The average molecular weight is 210 g/mol. The Hall–Kier alpha value is -1.16. The molecule has 1 heterocycles. The van der Waals surface area contributed by atoms with Crippen LogP contribution in [-0.4, -0.2) is 23.9 Å². The number of hydrogen-bond acceptors (Lipinski definition) is 3. The molecular weight excluding hydrogens is 200 g/mol. The van der Waals surface area contributed by atoms with Gasteiger partial charge < -0.3 is 9.84 Å². The molecule has 0 spiro atoms. The highest BCUT2D eigenvalue weighted by Gasteiger charge is 2.18. The molecule has 0 unspecified atom stereocenters. The third-order valence-electron chi connectivity index (χ3n) is 2.24. The Balaban J connectivity index is 2.54. The van der Waals surface area contributed by atoms with E-state index in [1.165, 1.54) is 7.11 Å². The minimum atomic E-state index is -0.929. The summed E-state index contributed by atoms with van der Waals surface area (Å²) in [6.07, 6.45) is 0.949. The monoisotopic (exact) mass is 210 g/mol. The van der Waals surface area contributed by atoms with Gasteiger partial charge >= 0.3 is 5.97 Å². The van der Waals surface area contributed by atoms with Gasteiger partial charge in [0.2, 0.25) is 0 Å². The van der Waals surface area contributed by atoms with Crippen LogP contribution in [0.5, 0.6) is 5.75 Å². The molecule has 1 aliphatic rings. The Morgan fingerprint density at radius 3 is 3.00 bits per heavy atom. The molecule has 0 aromatic heterocycles. The predicted molar refractivity (Wildman–Crippen MR) is 54.4 cm³/mol. The summed E-state index contributed by atoms with van der Waals surface area (Å²) >= 11 is 1.74. The van der Waals surface area contributed by atoms with Crippen LogP contribution >= 0.6 is 11.8 Å². The van der Waals surface area contributed by atoms with E-state index >= 15 is 0 Å². The number of benzene rings is 1. The van der Waals surface area contributed by atoms with Gasteiger partial charge in [-0.25, -0.2) is 4.79 Å². The van der Waals surface area contributed by atoms with Gasteiger partial charge in [-0.1, -0.05) is 0 Å². The van der Waals surface area contributed by atoms with Crippen molar-refractivity contribution in [3.8, 4) is 5.75 Å². The number of carboxylic acids is 1. The largest absolute Gasteiger partial charge is 0.496 e. The highest BCUT2D eigenvalue weighted by molar-refractivity contribution is 7.99. The summed E-state index contributed by atoms with van der Waals surface area (Å²) < 4.78 is 5.04. The number of carboxylic acid groups (broad SMARTS) is 1. The first-order valence-corrected chi connectivity index (χ1v) is 5.28. The molecule has 0 bridgehead atoms. The summed E-state index contributed by atoms with van der Waals surface area (Å²) in [4.78, 5) is 12.0. The number of hydrogen-bond donors (Lipinski definition) is 1. The van der Waals surface area contributed by atoms with E-state index in [0.29, 0.717) is 5.75 Å². The van der Waals surface area contributed by atoms with Gasteiger partial charge in [0.05, 0.1) is 7.11 Å². The average Bonchev–Trinajstić information content (AvgIpc) is 2.62. The SMILES string of the molecule is COc1cc2c(cc1C(=O)O)CCS2. The number of methoxy groups -OCH3 is 1. The number of aromatic carboxylic acids is 1. The first-order valence-electron chi connectivity index (χ1n) is 4.29. The predicted octanol–water partition coefficient (Wildman–Crippen LogP) is 2.04.